The Morgan fingerprint density at radius 1 is 1.23 bits per heavy atom. The average Bonchev–Trinajstić information content (AvgIpc) is 2.97. The van der Waals surface area contributed by atoms with Crippen molar-refractivity contribution in [3.63, 3.8) is 0 Å². The number of hydrogen-bond donors (Lipinski definition) is 1. The topological polar surface area (TPSA) is 33.1 Å². The lowest BCUT2D eigenvalue weighted by atomic mass is 9.92. The van der Waals surface area contributed by atoms with E-state index in [0.717, 1.165) is 24.8 Å². The molecule has 0 saturated heterocycles. The Morgan fingerprint density at radius 3 is 2.73 bits per heavy atom. The van der Waals surface area contributed by atoms with Crippen LogP contribution in [-0.2, 0) is 6.42 Å². The van der Waals surface area contributed by atoms with Gasteiger partial charge in [0.15, 0.2) is 0 Å². The Kier molecular flexibility index (Phi) is 5.37. The SMILES string of the molecule is O[C@H](c1cncc(Cl)c1)[C@H]1CCC(Cc2ccc(I)cc2)C1. The van der Waals surface area contributed by atoms with Gasteiger partial charge in [-0.15, -0.1) is 0 Å². The van der Waals surface area contributed by atoms with Gasteiger partial charge in [0, 0.05) is 21.5 Å². The molecule has 1 heterocycles. The smallest absolute Gasteiger partial charge is 0.0833 e. The number of pyridine rings is 1. The molecule has 4 heteroatoms. The van der Waals surface area contributed by atoms with Gasteiger partial charge < -0.3 is 5.11 Å². The summed E-state index contributed by atoms with van der Waals surface area (Å²) in [5, 5.41) is 11.2. The molecule has 3 atom stereocenters. The van der Waals surface area contributed by atoms with Gasteiger partial charge in [-0.3, -0.25) is 4.98 Å². The van der Waals surface area contributed by atoms with Gasteiger partial charge in [-0.1, -0.05) is 23.7 Å². The first-order valence-electron chi connectivity index (χ1n) is 7.65. The lowest BCUT2D eigenvalue weighted by molar-refractivity contribution is 0.109. The Balaban J connectivity index is 1.61. The van der Waals surface area contributed by atoms with Crippen LogP contribution in [0.1, 0.15) is 36.5 Å². The van der Waals surface area contributed by atoms with Gasteiger partial charge in [0.1, 0.15) is 0 Å². The number of rotatable bonds is 4. The third-order valence-electron chi connectivity index (χ3n) is 4.53. The van der Waals surface area contributed by atoms with Gasteiger partial charge >= 0.3 is 0 Å². The summed E-state index contributed by atoms with van der Waals surface area (Å²) in [6.45, 7) is 0. The van der Waals surface area contributed by atoms with E-state index in [4.69, 9.17) is 11.6 Å². The minimum absolute atomic E-state index is 0.314. The normalized spacial score (nSPS) is 22.7. The fourth-order valence-electron chi connectivity index (χ4n) is 3.40. The summed E-state index contributed by atoms with van der Waals surface area (Å²) >= 11 is 8.30. The van der Waals surface area contributed by atoms with Crippen molar-refractivity contribution >= 4 is 34.2 Å². The second-order valence-electron chi connectivity index (χ2n) is 6.15. The molecular weight excluding hydrogens is 409 g/mol. The van der Waals surface area contributed by atoms with E-state index in [1.807, 2.05) is 6.07 Å². The summed E-state index contributed by atoms with van der Waals surface area (Å²) in [6.07, 6.45) is 7.31. The Morgan fingerprint density at radius 2 is 2.00 bits per heavy atom. The molecule has 22 heavy (non-hydrogen) atoms. The number of halogens is 2. The number of nitrogens with zero attached hydrogens (tertiary/aromatic N) is 1. The van der Waals surface area contributed by atoms with Gasteiger partial charge in [0.25, 0.3) is 0 Å². The molecule has 116 valence electrons. The first-order chi connectivity index (χ1) is 10.6. The van der Waals surface area contributed by atoms with E-state index >= 15 is 0 Å². The second kappa shape index (κ2) is 7.28. The highest BCUT2D eigenvalue weighted by atomic mass is 127. The van der Waals surface area contributed by atoms with Crippen molar-refractivity contribution in [2.75, 3.05) is 0 Å². The molecule has 0 bridgehead atoms. The maximum atomic E-state index is 10.6. The molecule has 1 fully saturated rings. The van der Waals surface area contributed by atoms with E-state index in [1.54, 1.807) is 12.4 Å². The van der Waals surface area contributed by atoms with Gasteiger partial charge in [-0.25, -0.2) is 0 Å². The fraction of sp³-hybridized carbons (Fsp3) is 0.389. The van der Waals surface area contributed by atoms with Crippen LogP contribution in [0, 0.1) is 15.4 Å². The van der Waals surface area contributed by atoms with Crippen LogP contribution in [0.3, 0.4) is 0 Å². The zero-order chi connectivity index (χ0) is 15.5. The number of benzene rings is 1. The molecule has 1 unspecified atom stereocenters. The van der Waals surface area contributed by atoms with E-state index < -0.39 is 6.10 Å². The summed E-state index contributed by atoms with van der Waals surface area (Å²) in [7, 11) is 0. The maximum absolute atomic E-state index is 10.6. The van der Waals surface area contributed by atoms with Crippen LogP contribution < -0.4 is 0 Å². The van der Waals surface area contributed by atoms with Crippen molar-refractivity contribution in [1.82, 2.24) is 4.98 Å². The summed E-state index contributed by atoms with van der Waals surface area (Å²) < 4.78 is 1.27. The molecule has 1 aromatic carbocycles. The molecule has 1 aliphatic carbocycles. The molecule has 0 spiro atoms. The van der Waals surface area contributed by atoms with Crippen molar-refractivity contribution in [3.05, 3.63) is 62.4 Å². The Labute approximate surface area is 150 Å². The molecule has 1 aliphatic rings. The molecule has 1 N–H and O–H groups in total. The van der Waals surface area contributed by atoms with Gasteiger partial charge in [-0.05, 0) is 83.9 Å². The van der Waals surface area contributed by atoms with Crippen molar-refractivity contribution in [2.45, 2.75) is 31.8 Å². The molecule has 0 aliphatic heterocycles. The summed E-state index contributed by atoms with van der Waals surface area (Å²) in [5.74, 6) is 0.973. The zero-order valence-corrected chi connectivity index (χ0v) is 15.2. The van der Waals surface area contributed by atoms with E-state index in [0.29, 0.717) is 16.9 Å². The van der Waals surface area contributed by atoms with Crippen LogP contribution in [0.25, 0.3) is 0 Å². The van der Waals surface area contributed by atoms with Gasteiger partial charge in [0.2, 0.25) is 0 Å². The third kappa shape index (κ3) is 4.00. The quantitative estimate of drug-likeness (QED) is 0.694. The predicted octanol–water partition coefficient (Wildman–Crippen LogP) is 5.03. The molecule has 1 aromatic heterocycles. The molecule has 3 rings (SSSR count). The fourth-order valence-corrected chi connectivity index (χ4v) is 3.94. The lowest BCUT2D eigenvalue weighted by Gasteiger charge is -2.18. The van der Waals surface area contributed by atoms with Crippen molar-refractivity contribution in [2.24, 2.45) is 11.8 Å². The Hall–Kier alpha value is -0.650. The van der Waals surface area contributed by atoms with Crippen LogP contribution in [-0.4, -0.2) is 10.1 Å². The minimum atomic E-state index is -0.451. The number of hydrogen-bond acceptors (Lipinski definition) is 2. The molecule has 2 nitrogen and oxygen atoms in total. The van der Waals surface area contributed by atoms with Crippen molar-refractivity contribution in [1.29, 1.82) is 0 Å². The van der Waals surface area contributed by atoms with Gasteiger partial charge in [0.05, 0.1) is 11.1 Å². The number of aliphatic hydroxyl groups excluding tert-OH is 1. The standard InChI is InChI=1S/C18H19ClINO/c19-16-9-15(10-21-11-16)18(22)14-4-1-13(8-14)7-12-2-5-17(20)6-3-12/h2-3,5-6,9-11,13-14,18,22H,1,4,7-8H2/t13?,14-,18-/m0/s1. The van der Waals surface area contributed by atoms with Crippen molar-refractivity contribution < 1.29 is 5.11 Å². The summed E-state index contributed by atoms with van der Waals surface area (Å²) in [6, 6.07) is 10.6. The highest BCUT2D eigenvalue weighted by Gasteiger charge is 2.30. The first-order valence-corrected chi connectivity index (χ1v) is 9.10. The highest BCUT2D eigenvalue weighted by Crippen LogP contribution is 2.40. The summed E-state index contributed by atoms with van der Waals surface area (Å²) in [4.78, 5) is 4.08. The van der Waals surface area contributed by atoms with Crippen LogP contribution in [0.2, 0.25) is 5.02 Å². The Bertz CT molecular complexity index is 631. The van der Waals surface area contributed by atoms with Crippen LogP contribution >= 0.6 is 34.2 Å². The highest BCUT2D eigenvalue weighted by molar-refractivity contribution is 14.1. The summed E-state index contributed by atoms with van der Waals surface area (Å²) in [5.41, 5.74) is 2.23. The monoisotopic (exact) mass is 427 g/mol. The number of aromatic nitrogens is 1. The minimum Gasteiger partial charge on any atom is -0.388 e. The van der Waals surface area contributed by atoms with Crippen LogP contribution in [0.15, 0.2) is 42.7 Å². The van der Waals surface area contributed by atoms with Crippen molar-refractivity contribution in [3.8, 4) is 0 Å². The third-order valence-corrected chi connectivity index (χ3v) is 5.46. The molecule has 0 amide bonds. The average molecular weight is 428 g/mol. The van der Waals surface area contributed by atoms with E-state index in [2.05, 4.69) is 51.8 Å². The van der Waals surface area contributed by atoms with Gasteiger partial charge in [-0.2, -0.15) is 0 Å². The molecule has 1 saturated carbocycles. The van der Waals surface area contributed by atoms with Crippen LogP contribution in [0.5, 0.6) is 0 Å². The first kappa shape index (κ1) is 16.2. The molecular formula is C18H19ClINO. The van der Waals surface area contributed by atoms with E-state index in [9.17, 15) is 5.11 Å². The zero-order valence-electron chi connectivity index (χ0n) is 12.3. The second-order valence-corrected chi connectivity index (χ2v) is 7.83. The predicted molar refractivity (Wildman–Crippen MR) is 97.9 cm³/mol. The number of aliphatic hydroxyl groups is 1. The van der Waals surface area contributed by atoms with Crippen LogP contribution in [0.4, 0.5) is 0 Å². The molecule has 2 aromatic rings. The van der Waals surface area contributed by atoms with E-state index in [1.165, 1.54) is 15.6 Å². The molecule has 0 radical (unpaired) electrons. The largest absolute Gasteiger partial charge is 0.388 e. The van der Waals surface area contributed by atoms with E-state index in [-0.39, 0.29) is 0 Å². The lowest BCUT2D eigenvalue weighted by Crippen LogP contribution is -2.10. The maximum Gasteiger partial charge on any atom is 0.0833 e.